The summed E-state index contributed by atoms with van der Waals surface area (Å²) in [5, 5.41) is -0.331. The number of thioether (sulfide) groups is 1. The van der Waals surface area contributed by atoms with Crippen molar-refractivity contribution in [3.8, 4) is 18.0 Å². The maximum Gasteiger partial charge on any atom is 0.294 e. The number of anilines is 1. The lowest BCUT2D eigenvalue weighted by Gasteiger charge is -2.13. The zero-order valence-electron chi connectivity index (χ0n) is 14.0. The third-order valence-corrected chi connectivity index (χ3v) is 4.73. The molecule has 1 aromatic carbocycles. The minimum Gasteiger partial charge on any atom is -0.378 e. The van der Waals surface area contributed by atoms with Crippen molar-refractivity contribution in [1.82, 2.24) is 9.47 Å². The van der Waals surface area contributed by atoms with E-state index in [0.29, 0.717) is 4.91 Å². The first kappa shape index (κ1) is 16.9. The molecule has 0 radical (unpaired) electrons. The van der Waals surface area contributed by atoms with Crippen molar-refractivity contribution in [2.45, 2.75) is 0 Å². The quantitative estimate of drug-likeness (QED) is 0.627. The normalized spacial score (nSPS) is 15.7. The Morgan fingerprint density at radius 2 is 1.92 bits per heavy atom. The van der Waals surface area contributed by atoms with Crippen molar-refractivity contribution in [3.05, 3.63) is 53.2 Å². The zero-order chi connectivity index (χ0) is 18.0. The van der Waals surface area contributed by atoms with Gasteiger partial charge in [-0.05, 0) is 54.2 Å². The molecule has 1 aliphatic rings. The predicted molar refractivity (Wildman–Crippen MR) is 102 cm³/mol. The van der Waals surface area contributed by atoms with Gasteiger partial charge >= 0.3 is 0 Å². The molecule has 0 atom stereocenters. The first-order valence-corrected chi connectivity index (χ1v) is 8.47. The van der Waals surface area contributed by atoms with Crippen LogP contribution < -0.4 is 4.90 Å². The topological polar surface area (TPSA) is 45.6 Å². The molecule has 1 aliphatic heterocycles. The largest absolute Gasteiger partial charge is 0.378 e. The lowest BCUT2D eigenvalue weighted by Crippen LogP contribution is -2.28. The van der Waals surface area contributed by atoms with Gasteiger partial charge in [-0.2, -0.15) is 0 Å². The monoisotopic (exact) mass is 351 g/mol. The molecule has 5 nitrogen and oxygen atoms in total. The number of rotatable bonds is 4. The molecular formula is C19H17N3O2S. The summed E-state index contributed by atoms with van der Waals surface area (Å²) in [5.74, 6) is 1.99. The van der Waals surface area contributed by atoms with E-state index in [2.05, 4.69) is 5.92 Å². The standard InChI is InChI=1S/C19H17N3O2S/c1-4-11-22-18(23)17(25-19(22)24)13-16-6-5-12-21(16)15-9-7-14(8-10-15)20(2)3/h1,5-10,12-13H,11H2,2-3H3/b17-13+. The van der Waals surface area contributed by atoms with Gasteiger partial charge in [0.25, 0.3) is 11.1 Å². The summed E-state index contributed by atoms with van der Waals surface area (Å²) in [5.41, 5.74) is 2.90. The molecule has 1 saturated heterocycles. The average molecular weight is 351 g/mol. The Labute approximate surface area is 150 Å². The Morgan fingerprint density at radius 3 is 2.56 bits per heavy atom. The second-order valence-corrected chi connectivity index (χ2v) is 6.68. The van der Waals surface area contributed by atoms with E-state index in [1.54, 1.807) is 6.08 Å². The van der Waals surface area contributed by atoms with E-state index in [1.807, 2.05) is 66.2 Å². The number of carbonyl (C=O) groups excluding carboxylic acids is 2. The number of hydrogen-bond donors (Lipinski definition) is 0. The molecule has 3 rings (SSSR count). The van der Waals surface area contributed by atoms with E-state index >= 15 is 0 Å². The van der Waals surface area contributed by atoms with Crippen molar-refractivity contribution < 1.29 is 9.59 Å². The van der Waals surface area contributed by atoms with Gasteiger partial charge in [0.2, 0.25) is 0 Å². The van der Waals surface area contributed by atoms with Gasteiger partial charge < -0.3 is 9.47 Å². The summed E-state index contributed by atoms with van der Waals surface area (Å²) >= 11 is 0.913. The number of amides is 2. The molecule has 0 unspecified atom stereocenters. The van der Waals surface area contributed by atoms with E-state index in [1.165, 1.54) is 0 Å². The molecule has 2 aromatic rings. The van der Waals surface area contributed by atoms with Crippen LogP contribution in [0.4, 0.5) is 10.5 Å². The summed E-state index contributed by atoms with van der Waals surface area (Å²) < 4.78 is 1.97. The predicted octanol–water partition coefficient (Wildman–Crippen LogP) is 3.21. The van der Waals surface area contributed by atoms with Gasteiger partial charge in [-0.15, -0.1) is 6.42 Å². The van der Waals surface area contributed by atoms with Crippen LogP contribution >= 0.6 is 11.8 Å². The molecule has 1 aromatic heterocycles. The van der Waals surface area contributed by atoms with Crippen LogP contribution in [-0.2, 0) is 4.79 Å². The highest BCUT2D eigenvalue weighted by Crippen LogP contribution is 2.32. The number of terminal acetylenes is 1. The smallest absolute Gasteiger partial charge is 0.294 e. The Bertz CT molecular complexity index is 888. The molecule has 126 valence electrons. The molecule has 2 heterocycles. The lowest BCUT2D eigenvalue weighted by molar-refractivity contribution is -0.122. The molecule has 0 N–H and O–H groups in total. The van der Waals surface area contributed by atoms with E-state index in [4.69, 9.17) is 6.42 Å². The van der Waals surface area contributed by atoms with Crippen molar-refractivity contribution in [1.29, 1.82) is 0 Å². The van der Waals surface area contributed by atoms with E-state index in [9.17, 15) is 9.59 Å². The van der Waals surface area contributed by atoms with Crippen LogP contribution in [0.1, 0.15) is 5.69 Å². The van der Waals surface area contributed by atoms with Crippen molar-refractivity contribution in [2.24, 2.45) is 0 Å². The molecule has 0 saturated carbocycles. The second kappa shape index (κ2) is 6.91. The van der Waals surface area contributed by atoms with Crippen LogP contribution in [0.3, 0.4) is 0 Å². The highest BCUT2D eigenvalue weighted by Gasteiger charge is 2.34. The number of hydrogen-bond acceptors (Lipinski definition) is 4. The minimum atomic E-state index is -0.344. The van der Waals surface area contributed by atoms with Crippen LogP contribution in [-0.4, -0.2) is 41.3 Å². The van der Waals surface area contributed by atoms with Crippen LogP contribution in [0.15, 0.2) is 47.5 Å². The summed E-state index contributed by atoms with van der Waals surface area (Å²) in [6.45, 7) is -0.00494. The molecule has 0 bridgehead atoms. The molecular weight excluding hydrogens is 334 g/mol. The second-order valence-electron chi connectivity index (χ2n) is 5.69. The molecule has 25 heavy (non-hydrogen) atoms. The van der Waals surface area contributed by atoms with Crippen LogP contribution in [0.2, 0.25) is 0 Å². The zero-order valence-corrected chi connectivity index (χ0v) is 14.8. The minimum absolute atomic E-state index is 0.00494. The van der Waals surface area contributed by atoms with Crippen LogP contribution in [0.5, 0.6) is 0 Å². The third-order valence-electron chi connectivity index (χ3n) is 3.83. The fraction of sp³-hybridized carbons (Fsp3) is 0.158. The summed E-state index contributed by atoms with van der Waals surface area (Å²) in [6, 6.07) is 11.9. The summed E-state index contributed by atoms with van der Waals surface area (Å²) in [4.78, 5) is 27.7. The van der Waals surface area contributed by atoms with Gasteiger partial charge in [0.1, 0.15) is 0 Å². The lowest BCUT2D eigenvalue weighted by atomic mass is 10.2. The first-order valence-electron chi connectivity index (χ1n) is 7.65. The van der Waals surface area contributed by atoms with Gasteiger partial charge in [0, 0.05) is 37.4 Å². The Kier molecular flexibility index (Phi) is 4.68. The SMILES string of the molecule is C#CCN1C(=O)S/C(=C/c2cccn2-c2ccc(N(C)C)cc2)C1=O. The molecule has 1 fully saturated rings. The van der Waals surface area contributed by atoms with Gasteiger partial charge in [-0.3, -0.25) is 14.5 Å². The summed E-state index contributed by atoms with van der Waals surface area (Å²) in [6.07, 6.45) is 8.86. The van der Waals surface area contributed by atoms with Gasteiger partial charge in [-0.25, -0.2) is 0 Å². The fourth-order valence-electron chi connectivity index (χ4n) is 2.52. The van der Waals surface area contributed by atoms with Crippen molar-refractivity contribution in [3.63, 3.8) is 0 Å². The number of aromatic nitrogens is 1. The average Bonchev–Trinajstić information content (AvgIpc) is 3.16. The Balaban J connectivity index is 1.91. The summed E-state index contributed by atoms with van der Waals surface area (Å²) in [7, 11) is 3.98. The molecule has 0 aliphatic carbocycles. The number of imide groups is 1. The first-order chi connectivity index (χ1) is 12.0. The number of carbonyl (C=O) groups is 2. The maximum atomic E-state index is 12.3. The van der Waals surface area contributed by atoms with Gasteiger partial charge in [0.15, 0.2) is 0 Å². The third kappa shape index (κ3) is 3.32. The number of benzene rings is 1. The van der Waals surface area contributed by atoms with Crippen molar-refractivity contribution >= 4 is 34.7 Å². The van der Waals surface area contributed by atoms with Gasteiger partial charge in [-0.1, -0.05) is 5.92 Å². The number of nitrogens with zero attached hydrogens (tertiary/aromatic N) is 3. The van der Waals surface area contributed by atoms with Crippen LogP contribution in [0, 0.1) is 12.3 Å². The maximum absolute atomic E-state index is 12.3. The van der Waals surface area contributed by atoms with Crippen LogP contribution in [0.25, 0.3) is 11.8 Å². The van der Waals surface area contributed by atoms with E-state index < -0.39 is 0 Å². The molecule has 2 amide bonds. The van der Waals surface area contributed by atoms with Crippen molar-refractivity contribution in [2.75, 3.05) is 25.5 Å². The Hall–Kier alpha value is -2.91. The molecule has 0 spiro atoms. The Morgan fingerprint density at radius 1 is 1.20 bits per heavy atom. The highest BCUT2D eigenvalue weighted by atomic mass is 32.2. The highest BCUT2D eigenvalue weighted by molar-refractivity contribution is 8.18. The van der Waals surface area contributed by atoms with E-state index in [-0.39, 0.29) is 17.7 Å². The van der Waals surface area contributed by atoms with E-state index in [0.717, 1.165) is 33.7 Å². The fourth-order valence-corrected chi connectivity index (χ4v) is 3.34. The molecule has 6 heteroatoms. The van der Waals surface area contributed by atoms with Gasteiger partial charge in [0.05, 0.1) is 11.4 Å².